The number of hydrogen-bond acceptors (Lipinski definition) is 6. The number of carbonyl (C=O) groups is 1. The van der Waals surface area contributed by atoms with Crippen molar-refractivity contribution in [1.29, 1.82) is 0 Å². The number of nitro benzene ring substituents is 2. The summed E-state index contributed by atoms with van der Waals surface area (Å²) in [5.41, 5.74) is 1.80. The second-order valence-electron chi connectivity index (χ2n) is 6.36. The van der Waals surface area contributed by atoms with E-state index in [1.54, 1.807) is 30.6 Å². The summed E-state index contributed by atoms with van der Waals surface area (Å²) in [4.78, 5) is 37.2. The lowest BCUT2D eigenvalue weighted by Crippen LogP contribution is -2.12. The normalized spacial score (nSPS) is 10.7. The van der Waals surface area contributed by atoms with Crippen molar-refractivity contribution in [3.05, 3.63) is 98.8 Å². The van der Waals surface area contributed by atoms with Gasteiger partial charge < -0.3 is 5.32 Å². The number of anilines is 1. The third kappa shape index (κ3) is 3.56. The van der Waals surface area contributed by atoms with Gasteiger partial charge in [0.25, 0.3) is 17.3 Å². The lowest BCUT2D eigenvalue weighted by atomic mass is 10.1. The summed E-state index contributed by atoms with van der Waals surface area (Å²) >= 11 is 0. The number of carbonyl (C=O) groups excluding carboxylic acids is 1. The summed E-state index contributed by atoms with van der Waals surface area (Å²) in [6.07, 6.45) is 1.69. The van der Waals surface area contributed by atoms with Gasteiger partial charge in [-0.1, -0.05) is 12.1 Å². The molecule has 0 atom stereocenters. The van der Waals surface area contributed by atoms with Crippen LogP contribution in [0.4, 0.5) is 17.1 Å². The molecule has 0 aliphatic rings. The molecule has 10 nitrogen and oxygen atoms in total. The van der Waals surface area contributed by atoms with E-state index >= 15 is 0 Å². The molecule has 30 heavy (non-hydrogen) atoms. The fourth-order valence-electron chi connectivity index (χ4n) is 3.01. The van der Waals surface area contributed by atoms with Gasteiger partial charge in [-0.25, -0.2) is 4.98 Å². The molecule has 0 saturated heterocycles. The van der Waals surface area contributed by atoms with Crippen molar-refractivity contribution in [2.45, 2.75) is 0 Å². The van der Waals surface area contributed by atoms with Crippen LogP contribution in [0.5, 0.6) is 0 Å². The van der Waals surface area contributed by atoms with E-state index in [0.29, 0.717) is 5.69 Å². The lowest BCUT2D eigenvalue weighted by Gasteiger charge is -2.08. The molecule has 1 heterocycles. The zero-order valence-electron chi connectivity index (χ0n) is 15.3. The monoisotopic (exact) mass is 403 g/mol. The molecule has 3 aromatic carbocycles. The number of nitrogens with one attached hydrogen (secondary N) is 1. The van der Waals surface area contributed by atoms with E-state index in [2.05, 4.69) is 10.3 Å². The van der Waals surface area contributed by atoms with Crippen LogP contribution in [-0.2, 0) is 0 Å². The van der Waals surface area contributed by atoms with Crippen LogP contribution in [0.3, 0.4) is 0 Å². The van der Waals surface area contributed by atoms with E-state index in [4.69, 9.17) is 0 Å². The van der Waals surface area contributed by atoms with Crippen LogP contribution in [-0.4, -0.2) is 25.3 Å². The van der Waals surface area contributed by atoms with Crippen LogP contribution in [0.25, 0.3) is 16.7 Å². The van der Waals surface area contributed by atoms with Crippen molar-refractivity contribution in [2.24, 2.45) is 0 Å². The Morgan fingerprint density at radius 2 is 1.53 bits per heavy atom. The van der Waals surface area contributed by atoms with E-state index in [1.807, 2.05) is 28.8 Å². The molecule has 0 aliphatic heterocycles. The number of fused-ring (bicyclic) bond motifs is 1. The first-order chi connectivity index (χ1) is 14.4. The number of rotatable bonds is 5. The predicted octanol–water partition coefficient (Wildman–Crippen LogP) is 4.09. The molecule has 0 saturated carbocycles. The van der Waals surface area contributed by atoms with E-state index in [-0.39, 0.29) is 5.56 Å². The third-order valence-electron chi connectivity index (χ3n) is 4.44. The summed E-state index contributed by atoms with van der Waals surface area (Å²) in [6.45, 7) is 0. The zero-order chi connectivity index (χ0) is 21.3. The Morgan fingerprint density at radius 3 is 2.17 bits per heavy atom. The molecule has 1 amide bonds. The Kier molecular flexibility index (Phi) is 4.64. The van der Waals surface area contributed by atoms with Crippen molar-refractivity contribution in [2.75, 3.05) is 5.32 Å². The van der Waals surface area contributed by atoms with Crippen molar-refractivity contribution in [3.63, 3.8) is 0 Å². The molecule has 0 fully saturated rings. The van der Waals surface area contributed by atoms with Gasteiger partial charge in [-0.2, -0.15) is 0 Å². The number of nitro groups is 2. The van der Waals surface area contributed by atoms with Gasteiger partial charge in [-0.05, 0) is 36.4 Å². The molecule has 4 rings (SSSR count). The van der Waals surface area contributed by atoms with Crippen molar-refractivity contribution < 1.29 is 14.6 Å². The summed E-state index contributed by atoms with van der Waals surface area (Å²) in [6, 6.07) is 17.3. The minimum atomic E-state index is -0.784. The standard InChI is InChI=1S/C20H13N5O5/c26-20(13-9-16(24(27)28)11-17(10-13)25(29)30)22-14-5-7-15(8-6-14)23-12-21-18-3-1-2-4-19(18)23/h1-12H,(H,22,26). The number of hydrogen-bond donors (Lipinski definition) is 1. The third-order valence-corrected chi connectivity index (χ3v) is 4.44. The van der Waals surface area contributed by atoms with Gasteiger partial charge in [0.1, 0.15) is 6.33 Å². The molecule has 0 aliphatic carbocycles. The maximum absolute atomic E-state index is 12.5. The zero-order valence-corrected chi connectivity index (χ0v) is 15.3. The lowest BCUT2D eigenvalue weighted by molar-refractivity contribution is -0.394. The second kappa shape index (κ2) is 7.43. The van der Waals surface area contributed by atoms with Gasteiger partial charge in [-0.15, -0.1) is 0 Å². The van der Waals surface area contributed by atoms with Crippen molar-refractivity contribution >= 4 is 34.0 Å². The molecule has 1 N–H and O–H groups in total. The number of aromatic nitrogens is 2. The molecular weight excluding hydrogens is 390 g/mol. The minimum absolute atomic E-state index is 0.180. The molecular formula is C20H13N5O5. The van der Waals surface area contributed by atoms with Gasteiger partial charge >= 0.3 is 0 Å². The second-order valence-corrected chi connectivity index (χ2v) is 6.36. The highest BCUT2D eigenvalue weighted by atomic mass is 16.6. The summed E-state index contributed by atoms with van der Waals surface area (Å²) < 4.78 is 1.89. The average Bonchev–Trinajstić information content (AvgIpc) is 3.18. The Bertz CT molecular complexity index is 1260. The van der Waals surface area contributed by atoms with Crippen LogP contribution in [0.1, 0.15) is 10.4 Å². The summed E-state index contributed by atoms with van der Waals surface area (Å²) in [7, 11) is 0. The average molecular weight is 403 g/mol. The van der Waals surface area contributed by atoms with E-state index in [1.165, 1.54) is 0 Å². The molecule has 10 heteroatoms. The van der Waals surface area contributed by atoms with E-state index in [9.17, 15) is 25.0 Å². The van der Waals surface area contributed by atoms with Crippen LogP contribution in [0, 0.1) is 20.2 Å². The summed E-state index contributed by atoms with van der Waals surface area (Å²) in [5, 5.41) is 24.6. The molecule has 148 valence electrons. The van der Waals surface area contributed by atoms with Crippen LogP contribution in [0.2, 0.25) is 0 Å². The molecule has 0 bridgehead atoms. The molecule has 0 radical (unpaired) electrons. The number of imidazole rings is 1. The Morgan fingerprint density at radius 1 is 0.900 bits per heavy atom. The molecule has 1 aromatic heterocycles. The Balaban J connectivity index is 1.58. The number of non-ortho nitro benzene ring substituents is 2. The first-order valence-electron chi connectivity index (χ1n) is 8.70. The van der Waals surface area contributed by atoms with Crippen molar-refractivity contribution in [3.8, 4) is 5.69 Å². The van der Waals surface area contributed by atoms with Gasteiger partial charge in [0.15, 0.2) is 0 Å². The van der Waals surface area contributed by atoms with Crippen LogP contribution in [0.15, 0.2) is 73.1 Å². The first-order valence-corrected chi connectivity index (χ1v) is 8.70. The summed E-state index contributed by atoms with van der Waals surface area (Å²) in [5.74, 6) is -0.692. The van der Waals surface area contributed by atoms with Crippen LogP contribution < -0.4 is 5.32 Å². The Labute approximate surface area is 168 Å². The number of nitrogens with zero attached hydrogens (tertiary/aromatic N) is 4. The fourth-order valence-corrected chi connectivity index (χ4v) is 3.01. The molecule has 4 aromatic rings. The highest BCUT2D eigenvalue weighted by Gasteiger charge is 2.20. The highest BCUT2D eigenvalue weighted by Crippen LogP contribution is 2.24. The predicted molar refractivity (Wildman–Crippen MR) is 109 cm³/mol. The van der Waals surface area contributed by atoms with Gasteiger partial charge in [0.05, 0.1) is 32.5 Å². The number of para-hydroxylation sites is 2. The molecule has 0 spiro atoms. The highest BCUT2D eigenvalue weighted by molar-refractivity contribution is 6.05. The number of benzene rings is 3. The van der Waals surface area contributed by atoms with Gasteiger partial charge in [0.2, 0.25) is 0 Å². The topological polar surface area (TPSA) is 133 Å². The number of amides is 1. The smallest absolute Gasteiger partial charge is 0.277 e. The van der Waals surface area contributed by atoms with Crippen LogP contribution >= 0.6 is 0 Å². The molecule has 0 unspecified atom stereocenters. The van der Waals surface area contributed by atoms with Gasteiger partial charge in [0, 0.05) is 23.5 Å². The first kappa shape index (κ1) is 18.7. The quantitative estimate of drug-likeness (QED) is 0.394. The van der Waals surface area contributed by atoms with Gasteiger partial charge in [-0.3, -0.25) is 29.6 Å². The minimum Gasteiger partial charge on any atom is -0.322 e. The maximum atomic E-state index is 12.5. The fraction of sp³-hybridized carbons (Fsp3) is 0. The SMILES string of the molecule is O=C(Nc1ccc(-n2cnc3ccccc32)cc1)c1cc([N+](=O)[O-])cc([N+](=O)[O-])c1. The Hall–Kier alpha value is -4.60. The largest absolute Gasteiger partial charge is 0.322 e. The van der Waals surface area contributed by atoms with E-state index in [0.717, 1.165) is 34.9 Å². The van der Waals surface area contributed by atoms with Crippen molar-refractivity contribution in [1.82, 2.24) is 9.55 Å². The van der Waals surface area contributed by atoms with E-state index < -0.39 is 27.1 Å². The maximum Gasteiger partial charge on any atom is 0.277 e.